The molecule has 2 heterocycles. The van der Waals surface area contributed by atoms with E-state index in [2.05, 4.69) is 4.98 Å². The topological polar surface area (TPSA) is 46.8 Å². The normalized spacial score (nSPS) is 12.9. The Morgan fingerprint density at radius 2 is 2.47 bits per heavy atom. The van der Waals surface area contributed by atoms with Crippen molar-refractivity contribution in [2.75, 3.05) is 25.7 Å². The van der Waals surface area contributed by atoms with Crippen molar-refractivity contribution in [1.29, 1.82) is 0 Å². The number of nitrogens with zero attached hydrogens (tertiary/aromatic N) is 3. The minimum Gasteiger partial charge on any atom is -0.383 e. The van der Waals surface area contributed by atoms with Crippen LogP contribution >= 0.6 is 11.3 Å². The average molecular weight is 253 g/mol. The Bertz CT molecular complexity index is 520. The number of methoxy groups -OCH3 is 1. The minimum atomic E-state index is 0.170. The number of carbonyl (C=O) groups is 1. The molecule has 2 aromatic heterocycles. The predicted molar refractivity (Wildman–Crippen MR) is 68.2 cm³/mol. The van der Waals surface area contributed by atoms with Gasteiger partial charge in [0, 0.05) is 25.7 Å². The highest BCUT2D eigenvalue weighted by Crippen LogP contribution is 2.23. The number of hydrogen-bond donors (Lipinski definition) is 0. The van der Waals surface area contributed by atoms with E-state index in [9.17, 15) is 4.79 Å². The van der Waals surface area contributed by atoms with Crippen LogP contribution in [0.3, 0.4) is 0 Å². The maximum atomic E-state index is 11.2. The van der Waals surface area contributed by atoms with Gasteiger partial charge >= 0.3 is 0 Å². The van der Waals surface area contributed by atoms with E-state index in [1.54, 1.807) is 7.11 Å². The van der Waals surface area contributed by atoms with E-state index in [4.69, 9.17) is 4.74 Å². The first-order chi connectivity index (χ1) is 8.19. The molecule has 2 aromatic rings. The first-order valence-corrected chi connectivity index (χ1v) is 6.19. The molecule has 0 spiro atoms. The maximum Gasteiger partial charge on any atom is 0.196 e. The van der Waals surface area contributed by atoms with Crippen molar-refractivity contribution in [1.82, 2.24) is 9.38 Å². The number of aromatic nitrogens is 2. The number of ether oxygens (including phenoxy) is 1. The highest BCUT2D eigenvalue weighted by molar-refractivity contribution is 7.15. The molecule has 92 valence electrons. The van der Waals surface area contributed by atoms with Gasteiger partial charge in [-0.3, -0.25) is 9.20 Å². The van der Waals surface area contributed by atoms with E-state index in [1.807, 2.05) is 34.8 Å². The monoisotopic (exact) mass is 253 g/mol. The molecule has 1 unspecified atom stereocenters. The molecule has 0 N–H and O–H groups in total. The van der Waals surface area contributed by atoms with Gasteiger partial charge in [0.15, 0.2) is 17.1 Å². The number of carbonyl (C=O) groups excluding carboxylic acids is 1. The van der Waals surface area contributed by atoms with Crippen LogP contribution in [0.4, 0.5) is 5.82 Å². The lowest BCUT2D eigenvalue weighted by Gasteiger charge is -2.24. The SMILES string of the molecule is COCC(C)N(C)c1nc2sccn2c1C=O. The van der Waals surface area contributed by atoms with Crippen molar-refractivity contribution >= 4 is 28.4 Å². The second kappa shape index (κ2) is 4.85. The number of imidazole rings is 1. The third-order valence-electron chi connectivity index (χ3n) is 2.79. The number of anilines is 1. The maximum absolute atomic E-state index is 11.2. The molecule has 0 radical (unpaired) electrons. The Hall–Kier alpha value is -1.40. The van der Waals surface area contributed by atoms with E-state index in [1.165, 1.54) is 11.3 Å². The van der Waals surface area contributed by atoms with Crippen molar-refractivity contribution in [3.63, 3.8) is 0 Å². The van der Waals surface area contributed by atoms with E-state index in [0.29, 0.717) is 18.1 Å². The number of aldehydes is 1. The molecule has 0 saturated heterocycles. The Morgan fingerprint density at radius 1 is 1.71 bits per heavy atom. The van der Waals surface area contributed by atoms with Crippen LogP contribution in [0.1, 0.15) is 17.4 Å². The second-order valence-corrected chi connectivity index (χ2v) is 4.78. The van der Waals surface area contributed by atoms with E-state index in [0.717, 1.165) is 11.2 Å². The van der Waals surface area contributed by atoms with Crippen LogP contribution in [0.25, 0.3) is 4.96 Å². The number of likely N-dealkylation sites (N-methyl/N-ethyl adjacent to an activating group) is 1. The summed E-state index contributed by atoms with van der Waals surface area (Å²) in [6, 6.07) is 0.170. The number of hydrogen-bond acceptors (Lipinski definition) is 5. The van der Waals surface area contributed by atoms with Gasteiger partial charge in [-0.15, -0.1) is 11.3 Å². The van der Waals surface area contributed by atoms with Gasteiger partial charge in [0.2, 0.25) is 0 Å². The van der Waals surface area contributed by atoms with Gasteiger partial charge in [0.25, 0.3) is 0 Å². The largest absolute Gasteiger partial charge is 0.383 e. The zero-order valence-corrected chi connectivity index (χ0v) is 10.9. The Balaban J connectivity index is 2.40. The Morgan fingerprint density at radius 3 is 3.12 bits per heavy atom. The van der Waals surface area contributed by atoms with Gasteiger partial charge in [0.1, 0.15) is 5.69 Å². The average Bonchev–Trinajstić information content (AvgIpc) is 2.87. The van der Waals surface area contributed by atoms with E-state index < -0.39 is 0 Å². The molecule has 0 bridgehead atoms. The van der Waals surface area contributed by atoms with Crippen molar-refractivity contribution in [2.24, 2.45) is 0 Å². The summed E-state index contributed by atoms with van der Waals surface area (Å²) in [6.45, 7) is 2.63. The molecular formula is C11H15N3O2S. The van der Waals surface area contributed by atoms with Gasteiger partial charge in [0.05, 0.1) is 12.6 Å². The molecule has 2 rings (SSSR count). The molecule has 0 aliphatic heterocycles. The predicted octanol–water partition coefficient (Wildman–Crippen LogP) is 1.68. The van der Waals surface area contributed by atoms with Gasteiger partial charge in [-0.1, -0.05) is 0 Å². The van der Waals surface area contributed by atoms with Gasteiger partial charge < -0.3 is 9.64 Å². The van der Waals surface area contributed by atoms with Crippen molar-refractivity contribution in [3.8, 4) is 0 Å². The first kappa shape index (κ1) is 12.1. The van der Waals surface area contributed by atoms with Crippen LogP contribution in [0.15, 0.2) is 11.6 Å². The lowest BCUT2D eigenvalue weighted by Crippen LogP contribution is -2.33. The van der Waals surface area contributed by atoms with Crippen LogP contribution in [-0.4, -0.2) is 42.5 Å². The lowest BCUT2D eigenvalue weighted by atomic mass is 10.3. The van der Waals surface area contributed by atoms with Crippen LogP contribution in [0.2, 0.25) is 0 Å². The van der Waals surface area contributed by atoms with Crippen LogP contribution in [0.5, 0.6) is 0 Å². The van der Waals surface area contributed by atoms with Crippen molar-refractivity contribution in [2.45, 2.75) is 13.0 Å². The molecule has 5 nitrogen and oxygen atoms in total. The summed E-state index contributed by atoms with van der Waals surface area (Å²) < 4.78 is 6.92. The summed E-state index contributed by atoms with van der Waals surface area (Å²) in [5.41, 5.74) is 0.590. The molecule has 0 aliphatic rings. The lowest BCUT2D eigenvalue weighted by molar-refractivity contribution is 0.111. The van der Waals surface area contributed by atoms with Crippen molar-refractivity contribution in [3.05, 3.63) is 17.3 Å². The highest BCUT2D eigenvalue weighted by Gasteiger charge is 2.19. The van der Waals surface area contributed by atoms with Crippen LogP contribution < -0.4 is 4.90 Å². The third kappa shape index (κ3) is 2.05. The minimum absolute atomic E-state index is 0.170. The van der Waals surface area contributed by atoms with Crippen molar-refractivity contribution < 1.29 is 9.53 Å². The number of thiazole rings is 1. The van der Waals surface area contributed by atoms with E-state index in [-0.39, 0.29) is 6.04 Å². The fourth-order valence-electron chi connectivity index (χ4n) is 1.72. The number of rotatable bonds is 5. The fraction of sp³-hybridized carbons (Fsp3) is 0.455. The zero-order valence-electron chi connectivity index (χ0n) is 10.1. The second-order valence-electron chi connectivity index (χ2n) is 3.91. The number of fused-ring (bicyclic) bond motifs is 1. The van der Waals surface area contributed by atoms with Crippen LogP contribution in [-0.2, 0) is 4.74 Å². The Labute approximate surface area is 104 Å². The summed E-state index contributed by atoms with van der Waals surface area (Å²) >= 11 is 1.52. The smallest absolute Gasteiger partial charge is 0.196 e. The highest BCUT2D eigenvalue weighted by atomic mass is 32.1. The standard InChI is InChI=1S/C11H15N3O2S/c1-8(7-16-3)13(2)10-9(6-15)14-4-5-17-11(14)12-10/h4-6,8H,7H2,1-3H3. The summed E-state index contributed by atoms with van der Waals surface area (Å²) in [7, 11) is 3.58. The van der Waals surface area contributed by atoms with Gasteiger partial charge in [-0.25, -0.2) is 4.98 Å². The molecule has 0 amide bonds. The molecule has 0 aliphatic carbocycles. The zero-order chi connectivity index (χ0) is 12.4. The summed E-state index contributed by atoms with van der Waals surface area (Å²) in [5, 5.41) is 1.91. The van der Waals surface area contributed by atoms with Gasteiger partial charge in [-0.2, -0.15) is 0 Å². The summed E-state index contributed by atoms with van der Waals surface area (Å²) in [6.07, 6.45) is 2.70. The molecule has 0 aromatic carbocycles. The third-order valence-corrected chi connectivity index (χ3v) is 3.55. The Kier molecular flexibility index (Phi) is 3.44. The molecular weight excluding hydrogens is 238 g/mol. The molecule has 0 fully saturated rings. The summed E-state index contributed by atoms with van der Waals surface area (Å²) in [5.74, 6) is 0.705. The molecule has 17 heavy (non-hydrogen) atoms. The first-order valence-electron chi connectivity index (χ1n) is 5.31. The molecule has 6 heteroatoms. The molecule has 1 atom stereocenters. The fourth-order valence-corrected chi connectivity index (χ4v) is 2.44. The summed E-state index contributed by atoms with van der Waals surface area (Å²) in [4.78, 5) is 18.4. The van der Waals surface area contributed by atoms with Gasteiger partial charge in [-0.05, 0) is 6.92 Å². The van der Waals surface area contributed by atoms with E-state index >= 15 is 0 Å². The van der Waals surface area contributed by atoms with Crippen LogP contribution in [0, 0.1) is 0 Å². The quantitative estimate of drug-likeness (QED) is 0.761. The molecule has 0 saturated carbocycles.